The van der Waals surface area contributed by atoms with Gasteiger partial charge in [0.15, 0.2) is 6.04 Å². The van der Waals surface area contributed by atoms with Crippen molar-refractivity contribution in [2.24, 2.45) is 4.99 Å². The molecule has 0 radical (unpaired) electrons. The van der Waals surface area contributed by atoms with Gasteiger partial charge in [0, 0.05) is 23.2 Å². The summed E-state index contributed by atoms with van der Waals surface area (Å²) in [5.74, 6) is 0.300. The van der Waals surface area contributed by atoms with Crippen LogP contribution in [0.4, 0.5) is 0 Å². The highest BCUT2D eigenvalue weighted by atomic mass is 16.5. The highest BCUT2D eigenvalue weighted by molar-refractivity contribution is 6.13. The fourth-order valence-corrected chi connectivity index (χ4v) is 2.93. The van der Waals surface area contributed by atoms with Crippen LogP contribution in [0.3, 0.4) is 0 Å². The number of esters is 1. The second kappa shape index (κ2) is 10.2. The number of nitrogens with zero attached hydrogens (tertiary/aromatic N) is 2. The van der Waals surface area contributed by atoms with Gasteiger partial charge in [-0.2, -0.15) is 0 Å². The van der Waals surface area contributed by atoms with E-state index in [4.69, 9.17) is 14.5 Å². The SMILES string of the molecule is CCOC(=O)C(Cc1ccc(OC)cn1)N=C(c1ccccc1)c1ccccc1. The van der Waals surface area contributed by atoms with E-state index in [2.05, 4.69) is 4.98 Å². The lowest BCUT2D eigenvalue weighted by atomic mass is 10.0. The molecule has 148 valence electrons. The molecular weight excluding hydrogens is 364 g/mol. The molecule has 29 heavy (non-hydrogen) atoms. The van der Waals surface area contributed by atoms with Gasteiger partial charge in [0.1, 0.15) is 5.75 Å². The van der Waals surface area contributed by atoms with Crippen LogP contribution in [0.25, 0.3) is 0 Å². The van der Waals surface area contributed by atoms with E-state index in [9.17, 15) is 4.79 Å². The van der Waals surface area contributed by atoms with Crippen LogP contribution in [0.1, 0.15) is 23.7 Å². The molecule has 1 aromatic heterocycles. The zero-order chi connectivity index (χ0) is 20.5. The Balaban J connectivity index is 2.00. The van der Waals surface area contributed by atoms with Crippen LogP contribution in [0, 0.1) is 0 Å². The highest BCUT2D eigenvalue weighted by Crippen LogP contribution is 2.16. The lowest BCUT2D eigenvalue weighted by Gasteiger charge is -2.15. The van der Waals surface area contributed by atoms with Gasteiger partial charge in [-0.1, -0.05) is 60.7 Å². The predicted molar refractivity (Wildman–Crippen MR) is 113 cm³/mol. The molecule has 0 N–H and O–H groups in total. The standard InChI is InChI=1S/C24H24N2O3/c1-3-29-24(27)22(16-20-14-15-21(28-2)17-25-20)26-23(18-10-6-4-7-11-18)19-12-8-5-9-13-19/h4-15,17,22H,3,16H2,1-2H3. The summed E-state index contributed by atoms with van der Waals surface area (Å²) in [5.41, 5.74) is 3.37. The summed E-state index contributed by atoms with van der Waals surface area (Å²) >= 11 is 0. The zero-order valence-electron chi connectivity index (χ0n) is 16.6. The molecule has 0 aliphatic rings. The molecule has 1 atom stereocenters. The molecular formula is C24H24N2O3. The minimum Gasteiger partial charge on any atom is -0.495 e. The third-order valence-corrected chi connectivity index (χ3v) is 4.37. The van der Waals surface area contributed by atoms with E-state index in [0.717, 1.165) is 22.5 Å². The number of hydrogen-bond donors (Lipinski definition) is 0. The number of carbonyl (C=O) groups excluding carboxylic acids is 1. The van der Waals surface area contributed by atoms with E-state index in [1.165, 1.54) is 0 Å². The summed E-state index contributed by atoms with van der Waals surface area (Å²) in [6.07, 6.45) is 1.97. The van der Waals surface area contributed by atoms with Gasteiger partial charge in [0.2, 0.25) is 0 Å². The third-order valence-electron chi connectivity index (χ3n) is 4.37. The number of methoxy groups -OCH3 is 1. The van der Waals surface area contributed by atoms with Gasteiger partial charge in [-0.3, -0.25) is 9.98 Å². The van der Waals surface area contributed by atoms with Crippen molar-refractivity contribution in [2.75, 3.05) is 13.7 Å². The van der Waals surface area contributed by atoms with Gasteiger partial charge in [-0.15, -0.1) is 0 Å². The van der Waals surface area contributed by atoms with E-state index in [1.807, 2.05) is 72.8 Å². The summed E-state index contributed by atoms with van der Waals surface area (Å²) in [5, 5.41) is 0. The normalized spacial score (nSPS) is 11.4. The summed E-state index contributed by atoms with van der Waals surface area (Å²) in [4.78, 5) is 21.9. The smallest absolute Gasteiger partial charge is 0.331 e. The lowest BCUT2D eigenvalue weighted by Crippen LogP contribution is -2.26. The molecule has 0 aliphatic heterocycles. The fraction of sp³-hybridized carbons (Fsp3) is 0.208. The maximum atomic E-state index is 12.7. The molecule has 0 aliphatic carbocycles. The fourth-order valence-electron chi connectivity index (χ4n) is 2.93. The Morgan fingerprint density at radius 1 is 0.966 bits per heavy atom. The Morgan fingerprint density at radius 3 is 2.07 bits per heavy atom. The molecule has 3 aromatic rings. The Hall–Kier alpha value is -3.47. The van der Waals surface area contributed by atoms with E-state index in [1.54, 1.807) is 20.2 Å². The van der Waals surface area contributed by atoms with E-state index in [-0.39, 0.29) is 5.97 Å². The molecule has 0 amide bonds. The highest BCUT2D eigenvalue weighted by Gasteiger charge is 2.22. The van der Waals surface area contributed by atoms with Gasteiger partial charge < -0.3 is 9.47 Å². The van der Waals surface area contributed by atoms with Crippen LogP contribution < -0.4 is 4.74 Å². The van der Waals surface area contributed by atoms with E-state index in [0.29, 0.717) is 18.8 Å². The van der Waals surface area contributed by atoms with Crippen molar-refractivity contribution >= 4 is 11.7 Å². The number of pyridine rings is 1. The number of ether oxygens (including phenoxy) is 2. The minimum atomic E-state index is -0.703. The first-order valence-corrected chi connectivity index (χ1v) is 9.55. The largest absolute Gasteiger partial charge is 0.495 e. The Kier molecular flexibility index (Phi) is 7.11. The van der Waals surface area contributed by atoms with Crippen LogP contribution in [-0.4, -0.2) is 36.4 Å². The number of hydrogen-bond acceptors (Lipinski definition) is 5. The molecule has 2 aromatic carbocycles. The van der Waals surface area contributed by atoms with Crippen LogP contribution in [0.2, 0.25) is 0 Å². The average Bonchev–Trinajstić information content (AvgIpc) is 2.78. The maximum Gasteiger partial charge on any atom is 0.331 e. The molecule has 0 fully saturated rings. The first-order chi connectivity index (χ1) is 14.2. The summed E-state index contributed by atoms with van der Waals surface area (Å²) in [6.45, 7) is 2.09. The van der Waals surface area contributed by atoms with Crippen LogP contribution in [0.15, 0.2) is 84.0 Å². The topological polar surface area (TPSA) is 60.8 Å². The van der Waals surface area contributed by atoms with Crippen LogP contribution in [0.5, 0.6) is 5.75 Å². The quantitative estimate of drug-likeness (QED) is 0.431. The first-order valence-electron chi connectivity index (χ1n) is 9.55. The number of benzene rings is 2. The number of carbonyl (C=O) groups is 1. The van der Waals surface area contributed by atoms with E-state index < -0.39 is 6.04 Å². The van der Waals surface area contributed by atoms with Crippen molar-refractivity contribution in [1.82, 2.24) is 4.98 Å². The van der Waals surface area contributed by atoms with Crippen LogP contribution in [-0.2, 0) is 16.0 Å². The molecule has 5 heteroatoms. The number of rotatable bonds is 8. The molecule has 0 saturated carbocycles. The van der Waals surface area contributed by atoms with E-state index >= 15 is 0 Å². The summed E-state index contributed by atoms with van der Waals surface area (Å²) < 4.78 is 10.5. The lowest BCUT2D eigenvalue weighted by molar-refractivity contribution is -0.144. The summed E-state index contributed by atoms with van der Waals surface area (Å²) in [6, 6.07) is 22.6. The van der Waals surface area contributed by atoms with Gasteiger partial charge in [0.05, 0.1) is 25.6 Å². The van der Waals surface area contributed by atoms with Crippen molar-refractivity contribution in [3.8, 4) is 5.75 Å². The van der Waals surface area contributed by atoms with Crippen molar-refractivity contribution in [1.29, 1.82) is 0 Å². The van der Waals surface area contributed by atoms with Gasteiger partial charge in [-0.25, -0.2) is 4.79 Å². The number of aliphatic imine (C=N–C) groups is 1. The molecule has 0 spiro atoms. The summed E-state index contributed by atoms with van der Waals surface area (Å²) in [7, 11) is 1.59. The first kappa shape index (κ1) is 20.3. The van der Waals surface area contributed by atoms with Crippen molar-refractivity contribution in [2.45, 2.75) is 19.4 Å². The second-order valence-electron chi connectivity index (χ2n) is 6.37. The Labute approximate surface area is 171 Å². The van der Waals surface area contributed by atoms with Gasteiger partial charge in [0.25, 0.3) is 0 Å². The predicted octanol–water partition coefficient (Wildman–Crippen LogP) is 4.10. The Morgan fingerprint density at radius 2 is 1.59 bits per heavy atom. The molecule has 0 bridgehead atoms. The zero-order valence-corrected chi connectivity index (χ0v) is 16.6. The second-order valence-corrected chi connectivity index (χ2v) is 6.37. The molecule has 0 saturated heterocycles. The molecule has 5 nitrogen and oxygen atoms in total. The monoisotopic (exact) mass is 388 g/mol. The third kappa shape index (κ3) is 5.51. The maximum absolute atomic E-state index is 12.7. The van der Waals surface area contributed by atoms with Gasteiger partial charge >= 0.3 is 5.97 Å². The van der Waals surface area contributed by atoms with Gasteiger partial charge in [-0.05, 0) is 19.1 Å². The van der Waals surface area contributed by atoms with Crippen molar-refractivity contribution < 1.29 is 14.3 Å². The molecule has 1 unspecified atom stereocenters. The number of aromatic nitrogens is 1. The molecule has 1 heterocycles. The van der Waals surface area contributed by atoms with Crippen molar-refractivity contribution in [3.63, 3.8) is 0 Å². The van der Waals surface area contributed by atoms with Crippen molar-refractivity contribution in [3.05, 3.63) is 95.8 Å². The van der Waals surface area contributed by atoms with Crippen LogP contribution >= 0.6 is 0 Å². The average molecular weight is 388 g/mol. The Bertz CT molecular complexity index is 897. The minimum absolute atomic E-state index is 0.299. The molecule has 3 rings (SSSR count).